The molecule has 8 nitrogen and oxygen atoms in total. The van der Waals surface area contributed by atoms with Crippen LogP contribution >= 0.6 is 0 Å². The Hall–Kier alpha value is -3.49. The number of benzene rings is 2. The lowest BCUT2D eigenvalue weighted by molar-refractivity contribution is -0.384. The van der Waals surface area contributed by atoms with Gasteiger partial charge in [0, 0.05) is 32.4 Å². The van der Waals surface area contributed by atoms with Crippen molar-refractivity contribution in [1.82, 2.24) is 0 Å². The van der Waals surface area contributed by atoms with Gasteiger partial charge in [0.15, 0.2) is 6.61 Å². The molecule has 0 fully saturated rings. The Bertz CT molecular complexity index is 884. The second kappa shape index (κ2) is 8.94. The van der Waals surface area contributed by atoms with E-state index in [4.69, 9.17) is 4.74 Å². The van der Waals surface area contributed by atoms with Crippen LogP contribution in [0.1, 0.15) is 17.3 Å². The zero-order valence-electron chi connectivity index (χ0n) is 15.7. The van der Waals surface area contributed by atoms with Crippen molar-refractivity contribution >= 4 is 28.9 Å². The van der Waals surface area contributed by atoms with Crippen LogP contribution in [0.5, 0.6) is 0 Å². The van der Waals surface area contributed by atoms with E-state index in [0.717, 1.165) is 6.07 Å². The number of amides is 1. The van der Waals surface area contributed by atoms with Crippen LogP contribution in [0.4, 0.5) is 21.5 Å². The van der Waals surface area contributed by atoms with E-state index in [-0.39, 0.29) is 11.3 Å². The molecule has 148 valence electrons. The summed E-state index contributed by atoms with van der Waals surface area (Å²) in [6.07, 6.45) is 0. The number of nitro benzene ring substituents is 1. The zero-order valence-corrected chi connectivity index (χ0v) is 15.7. The molecule has 9 heteroatoms. The van der Waals surface area contributed by atoms with Crippen molar-refractivity contribution < 1.29 is 23.6 Å². The van der Waals surface area contributed by atoms with Gasteiger partial charge in [0.2, 0.25) is 0 Å². The van der Waals surface area contributed by atoms with Crippen molar-refractivity contribution in [2.75, 3.05) is 37.0 Å². The maximum Gasteiger partial charge on any atom is 0.338 e. The Balaban J connectivity index is 2.10. The van der Waals surface area contributed by atoms with Crippen LogP contribution in [0, 0.1) is 15.9 Å². The third-order valence-electron chi connectivity index (χ3n) is 3.97. The van der Waals surface area contributed by atoms with E-state index in [2.05, 4.69) is 0 Å². The fraction of sp³-hybridized carbons (Fsp3) is 0.263. The van der Waals surface area contributed by atoms with Crippen LogP contribution in [0.2, 0.25) is 0 Å². The molecule has 0 heterocycles. The van der Waals surface area contributed by atoms with Gasteiger partial charge in [0.1, 0.15) is 11.5 Å². The van der Waals surface area contributed by atoms with Crippen LogP contribution in [0.25, 0.3) is 0 Å². The molecule has 0 aromatic heterocycles. The molecule has 2 aromatic carbocycles. The molecule has 0 saturated heterocycles. The molecule has 2 aromatic rings. The number of carbonyl (C=O) groups is 2. The molecule has 1 amide bonds. The minimum absolute atomic E-state index is 0.0325. The summed E-state index contributed by atoms with van der Waals surface area (Å²) in [6.45, 7) is 1.48. The number of ether oxygens (including phenoxy) is 1. The lowest BCUT2D eigenvalue weighted by atomic mass is 10.1. The molecule has 0 radical (unpaired) electrons. The number of carbonyl (C=O) groups excluding carboxylic acids is 2. The van der Waals surface area contributed by atoms with Crippen LogP contribution in [-0.2, 0) is 9.53 Å². The van der Waals surface area contributed by atoms with Gasteiger partial charge in [0.05, 0.1) is 10.5 Å². The van der Waals surface area contributed by atoms with Crippen molar-refractivity contribution in [2.45, 2.75) is 6.92 Å². The van der Waals surface area contributed by atoms with Crippen molar-refractivity contribution in [3.63, 3.8) is 0 Å². The van der Waals surface area contributed by atoms with Gasteiger partial charge in [-0.15, -0.1) is 0 Å². The number of nitro groups is 1. The summed E-state index contributed by atoms with van der Waals surface area (Å²) in [4.78, 5) is 38.1. The first-order valence-corrected chi connectivity index (χ1v) is 8.43. The van der Waals surface area contributed by atoms with Crippen LogP contribution in [0.15, 0.2) is 42.5 Å². The molecule has 0 unspecified atom stereocenters. The maximum absolute atomic E-state index is 13.0. The molecule has 0 aliphatic rings. The second-order valence-electron chi connectivity index (χ2n) is 6.05. The van der Waals surface area contributed by atoms with Gasteiger partial charge in [-0.1, -0.05) is 0 Å². The molecule has 0 aliphatic carbocycles. The minimum Gasteiger partial charge on any atom is -0.452 e. The number of hydrogen-bond acceptors (Lipinski definition) is 6. The van der Waals surface area contributed by atoms with E-state index < -0.39 is 29.2 Å². The topological polar surface area (TPSA) is 93.0 Å². The number of nitrogens with zero attached hydrogens (tertiary/aromatic N) is 3. The molecule has 0 spiro atoms. The van der Waals surface area contributed by atoms with E-state index in [1.165, 1.54) is 41.3 Å². The summed E-state index contributed by atoms with van der Waals surface area (Å²) < 4.78 is 18.1. The standard InChI is InChI=1S/C19H20FN3O5/c1-4-22(15-8-6-14(20)7-9-15)18(24)12-28-19(25)13-5-10-16(21(2)3)17(11-13)23(26)27/h5-11H,4,12H2,1-3H3. The normalized spacial score (nSPS) is 10.3. The molecule has 2 rings (SSSR count). The molecule has 0 bridgehead atoms. The fourth-order valence-corrected chi connectivity index (χ4v) is 2.59. The second-order valence-corrected chi connectivity index (χ2v) is 6.05. The Labute approximate surface area is 161 Å². The number of anilines is 2. The minimum atomic E-state index is -0.850. The summed E-state index contributed by atoms with van der Waals surface area (Å²) in [5.74, 6) is -1.78. The summed E-state index contributed by atoms with van der Waals surface area (Å²) in [7, 11) is 3.29. The van der Waals surface area contributed by atoms with Crippen LogP contribution < -0.4 is 9.80 Å². The largest absolute Gasteiger partial charge is 0.452 e. The third kappa shape index (κ3) is 4.81. The molecular formula is C19H20FN3O5. The Morgan fingerprint density at radius 3 is 2.32 bits per heavy atom. The third-order valence-corrected chi connectivity index (χ3v) is 3.97. The van der Waals surface area contributed by atoms with Crippen molar-refractivity contribution in [1.29, 1.82) is 0 Å². The van der Waals surface area contributed by atoms with Gasteiger partial charge in [-0.2, -0.15) is 0 Å². The lowest BCUT2D eigenvalue weighted by Crippen LogP contribution is -2.34. The number of hydrogen-bond donors (Lipinski definition) is 0. The maximum atomic E-state index is 13.0. The first kappa shape index (κ1) is 20.8. The van der Waals surface area contributed by atoms with Gasteiger partial charge in [-0.05, 0) is 43.3 Å². The first-order chi connectivity index (χ1) is 13.2. The van der Waals surface area contributed by atoms with E-state index in [1.807, 2.05) is 0 Å². The summed E-state index contributed by atoms with van der Waals surface area (Å²) in [6, 6.07) is 9.29. The number of rotatable bonds is 7. The van der Waals surface area contributed by atoms with Crippen LogP contribution in [0.3, 0.4) is 0 Å². The monoisotopic (exact) mass is 389 g/mol. The first-order valence-electron chi connectivity index (χ1n) is 8.43. The van der Waals surface area contributed by atoms with E-state index >= 15 is 0 Å². The highest BCUT2D eigenvalue weighted by molar-refractivity contribution is 5.97. The summed E-state index contributed by atoms with van der Waals surface area (Å²) in [5, 5.41) is 11.2. The van der Waals surface area contributed by atoms with Crippen molar-refractivity contribution in [2.24, 2.45) is 0 Å². The van der Waals surface area contributed by atoms with Crippen LogP contribution in [-0.4, -0.2) is 44.0 Å². The van der Waals surface area contributed by atoms with Crippen molar-refractivity contribution in [3.8, 4) is 0 Å². The average Bonchev–Trinajstić information content (AvgIpc) is 2.67. The SMILES string of the molecule is CCN(C(=O)COC(=O)c1ccc(N(C)C)c([N+](=O)[O-])c1)c1ccc(F)cc1. The molecule has 0 N–H and O–H groups in total. The molecule has 0 atom stereocenters. The van der Waals surface area contributed by atoms with Gasteiger partial charge in [-0.25, -0.2) is 9.18 Å². The average molecular weight is 389 g/mol. The predicted octanol–water partition coefficient (Wildman–Crippen LogP) is 3.01. The summed E-state index contributed by atoms with van der Waals surface area (Å²) in [5.41, 5.74) is 0.532. The highest BCUT2D eigenvalue weighted by atomic mass is 19.1. The fourth-order valence-electron chi connectivity index (χ4n) is 2.59. The van der Waals surface area contributed by atoms with E-state index in [0.29, 0.717) is 17.9 Å². The molecule has 0 aliphatic heterocycles. The number of halogens is 1. The highest BCUT2D eigenvalue weighted by Gasteiger charge is 2.21. The van der Waals surface area contributed by atoms with Gasteiger partial charge in [0.25, 0.3) is 11.6 Å². The smallest absolute Gasteiger partial charge is 0.338 e. The van der Waals surface area contributed by atoms with E-state index in [1.54, 1.807) is 25.9 Å². The van der Waals surface area contributed by atoms with Gasteiger partial charge in [-0.3, -0.25) is 14.9 Å². The number of likely N-dealkylation sites (N-methyl/N-ethyl adjacent to an activating group) is 1. The van der Waals surface area contributed by atoms with Gasteiger partial charge < -0.3 is 14.5 Å². The predicted molar refractivity (Wildman–Crippen MR) is 102 cm³/mol. The van der Waals surface area contributed by atoms with E-state index in [9.17, 15) is 24.1 Å². The number of esters is 1. The summed E-state index contributed by atoms with van der Waals surface area (Å²) >= 11 is 0. The Morgan fingerprint density at radius 2 is 1.79 bits per heavy atom. The molecule has 0 saturated carbocycles. The lowest BCUT2D eigenvalue weighted by Gasteiger charge is -2.21. The Morgan fingerprint density at radius 1 is 1.14 bits per heavy atom. The quantitative estimate of drug-likeness (QED) is 0.411. The van der Waals surface area contributed by atoms with Crippen molar-refractivity contribution in [3.05, 3.63) is 64.0 Å². The Kier molecular flexibility index (Phi) is 6.64. The molecule has 28 heavy (non-hydrogen) atoms. The van der Waals surface area contributed by atoms with Gasteiger partial charge >= 0.3 is 5.97 Å². The molecular weight excluding hydrogens is 369 g/mol. The highest BCUT2D eigenvalue weighted by Crippen LogP contribution is 2.28. The zero-order chi connectivity index (χ0) is 20.8.